The van der Waals surface area contributed by atoms with Crippen molar-refractivity contribution in [1.29, 1.82) is 5.41 Å². The standard InChI is InChI=1S/C14H21N3O2S/c1-17(13-10-6-5-9-12(13)14(15)16)20(18,19)11-7-3-2-4-8-11/h5-6,9-11H,2-4,7-8H2,1H3,(H3,15,16). The van der Waals surface area contributed by atoms with E-state index in [2.05, 4.69) is 0 Å². The van der Waals surface area contributed by atoms with Crippen LogP contribution in [0.15, 0.2) is 24.3 Å². The van der Waals surface area contributed by atoms with E-state index < -0.39 is 10.0 Å². The van der Waals surface area contributed by atoms with E-state index in [1.807, 2.05) is 0 Å². The SMILES string of the molecule is CN(c1ccccc1C(=N)N)S(=O)(=O)C1CCCCC1. The summed E-state index contributed by atoms with van der Waals surface area (Å²) in [5, 5.41) is 7.26. The lowest BCUT2D eigenvalue weighted by atomic mass is 10.0. The zero-order valence-corrected chi connectivity index (χ0v) is 12.5. The van der Waals surface area contributed by atoms with Gasteiger partial charge < -0.3 is 5.73 Å². The van der Waals surface area contributed by atoms with Gasteiger partial charge in [-0.15, -0.1) is 0 Å². The number of nitrogens with one attached hydrogen (secondary N) is 1. The predicted molar refractivity (Wildman–Crippen MR) is 81.7 cm³/mol. The van der Waals surface area contributed by atoms with E-state index in [9.17, 15) is 8.42 Å². The molecule has 5 nitrogen and oxygen atoms in total. The summed E-state index contributed by atoms with van der Waals surface area (Å²) in [5.41, 5.74) is 6.47. The van der Waals surface area contributed by atoms with E-state index in [0.717, 1.165) is 32.1 Å². The van der Waals surface area contributed by atoms with Gasteiger partial charge in [-0.05, 0) is 25.0 Å². The second-order valence-electron chi connectivity index (χ2n) is 5.20. The Labute approximate surface area is 120 Å². The number of nitrogen functional groups attached to an aromatic ring is 1. The Morgan fingerprint density at radius 2 is 1.85 bits per heavy atom. The van der Waals surface area contributed by atoms with Crippen LogP contribution in [-0.4, -0.2) is 26.6 Å². The molecule has 0 amide bonds. The molecule has 1 fully saturated rings. The highest BCUT2D eigenvalue weighted by Gasteiger charge is 2.32. The maximum atomic E-state index is 12.7. The number of benzene rings is 1. The monoisotopic (exact) mass is 295 g/mol. The average molecular weight is 295 g/mol. The highest BCUT2D eigenvalue weighted by Crippen LogP contribution is 2.29. The molecule has 0 aromatic heterocycles. The van der Waals surface area contributed by atoms with Gasteiger partial charge in [0.15, 0.2) is 0 Å². The summed E-state index contributed by atoms with van der Waals surface area (Å²) < 4.78 is 26.6. The van der Waals surface area contributed by atoms with Gasteiger partial charge in [0.2, 0.25) is 10.0 Å². The number of amidine groups is 1. The van der Waals surface area contributed by atoms with Crippen molar-refractivity contribution >= 4 is 21.5 Å². The summed E-state index contributed by atoms with van der Waals surface area (Å²) in [4.78, 5) is 0. The van der Waals surface area contributed by atoms with Crippen molar-refractivity contribution in [3.05, 3.63) is 29.8 Å². The molecule has 0 saturated heterocycles. The average Bonchev–Trinajstić information content (AvgIpc) is 2.47. The largest absolute Gasteiger partial charge is 0.384 e. The molecular formula is C14H21N3O2S. The van der Waals surface area contributed by atoms with Crippen LogP contribution >= 0.6 is 0 Å². The molecule has 6 heteroatoms. The molecule has 0 aliphatic heterocycles. The van der Waals surface area contributed by atoms with Crippen LogP contribution in [0.4, 0.5) is 5.69 Å². The van der Waals surface area contributed by atoms with Crippen molar-refractivity contribution in [2.75, 3.05) is 11.4 Å². The smallest absolute Gasteiger partial charge is 0.237 e. The summed E-state index contributed by atoms with van der Waals surface area (Å²) in [6, 6.07) is 6.87. The third-order valence-corrected chi connectivity index (χ3v) is 6.16. The number of hydrogen-bond acceptors (Lipinski definition) is 3. The topological polar surface area (TPSA) is 87.2 Å². The Balaban J connectivity index is 2.35. The van der Waals surface area contributed by atoms with Crippen LogP contribution in [0, 0.1) is 5.41 Å². The summed E-state index contributed by atoms with van der Waals surface area (Å²) >= 11 is 0. The highest BCUT2D eigenvalue weighted by molar-refractivity contribution is 7.93. The van der Waals surface area contributed by atoms with E-state index in [4.69, 9.17) is 11.1 Å². The Hall–Kier alpha value is -1.56. The van der Waals surface area contributed by atoms with E-state index in [-0.39, 0.29) is 11.1 Å². The molecule has 0 heterocycles. The van der Waals surface area contributed by atoms with Crippen LogP contribution in [0.2, 0.25) is 0 Å². The Morgan fingerprint density at radius 3 is 2.45 bits per heavy atom. The summed E-state index contributed by atoms with van der Waals surface area (Å²) in [7, 11) is -1.84. The number of nitrogens with two attached hydrogens (primary N) is 1. The first-order valence-corrected chi connectivity index (χ1v) is 8.36. The lowest BCUT2D eigenvalue weighted by molar-refractivity contribution is 0.483. The molecule has 20 heavy (non-hydrogen) atoms. The molecule has 1 aliphatic rings. The van der Waals surface area contributed by atoms with Gasteiger partial charge in [-0.2, -0.15) is 0 Å². The van der Waals surface area contributed by atoms with Gasteiger partial charge in [0, 0.05) is 12.6 Å². The van der Waals surface area contributed by atoms with Crippen LogP contribution < -0.4 is 10.0 Å². The lowest BCUT2D eigenvalue weighted by Gasteiger charge is -2.29. The van der Waals surface area contributed by atoms with Crippen LogP contribution in [0.1, 0.15) is 37.7 Å². The molecule has 0 unspecified atom stereocenters. The lowest BCUT2D eigenvalue weighted by Crippen LogP contribution is -2.38. The molecule has 110 valence electrons. The van der Waals surface area contributed by atoms with Crippen LogP contribution in [-0.2, 0) is 10.0 Å². The normalized spacial score (nSPS) is 16.9. The molecule has 0 atom stereocenters. The maximum absolute atomic E-state index is 12.7. The Kier molecular flexibility index (Phi) is 4.32. The minimum absolute atomic E-state index is 0.119. The van der Waals surface area contributed by atoms with Crippen LogP contribution in [0.3, 0.4) is 0 Å². The molecule has 1 aromatic rings. The number of hydrogen-bond donors (Lipinski definition) is 2. The summed E-state index contributed by atoms with van der Waals surface area (Å²) in [6.45, 7) is 0. The first-order valence-electron chi connectivity index (χ1n) is 6.85. The maximum Gasteiger partial charge on any atom is 0.237 e. The second-order valence-corrected chi connectivity index (χ2v) is 7.45. The third kappa shape index (κ3) is 2.80. The van der Waals surface area contributed by atoms with Crippen molar-refractivity contribution < 1.29 is 8.42 Å². The third-order valence-electron chi connectivity index (χ3n) is 3.89. The van der Waals surface area contributed by atoms with Gasteiger partial charge in [0.05, 0.1) is 10.9 Å². The number of anilines is 1. The molecule has 0 spiro atoms. The molecule has 1 aliphatic carbocycles. The minimum Gasteiger partial charge on any atom is -0.384 e. The zero-order chi connectivity index (χ0) is 14.8. The van der Waals surface area contributed by atoms with Gasteiger partial charge in [-0.3, -0.25) is 9.71 Å². The van der Waals surface area contributed by atoms with Crippen molar-refractivity contribution in [1.82, 2.24) is 0 Å². The van der Waals surface area contributed by atoms with Gasteiger partial charge >= 0.3 is 0 Å². The second kappa shape index (κ2) is 5.83. The predicted octanol–water partition coefficient (Wildman–Crippen LogP) is 2.07. The Morgan fingerprint density at radius 1 is 1.25 bits per heavy atom. The van der Waals surface area contributed by atoms with Crippen LogP contribution in [0.5, 0.6) is 0 Å². The minimum atomic E-state index is -3.39. The number of sulfonamides is 1. The molecule has 0 bridgehead atoms. The van der Waals surface area contributed by atoms with Gasteiger partial charge in [0.25, 0.3) is 0 Å². The van der Waals surface area contributed by atoms with E-state index >= 15 is 0 Å². The van der Waals surface area contributed by atoms with Gasteiger partial charge in [-0.25, -0.2) is 8.42 Å². The van der Waals surface area contributed by atoms with Crippen LogP contribution in [0.25, 0.3) is 0 Å². The van der Waals surface area contributed by atoms with Gasteiger partial charge in [-0.1, -0.05) is 31.4 Å². The summed E-state index contributed by atoms with van der Waals surface area (Å²) in [6.07, 6.45) is 4.47. The fraction of sp³-hybridized carbons (Fsp3) is 0.500. The van der Waals surface area contributed by atoms with E-state index in [0.29, 0.717) is 11.3 Å². The molecule has 1 saturated carbocycles. The van der Waals surface area contributed by atoms with Crippen molar-refractivity contribution in [3.63, 3.8) is 0 Å². The highest BCUT2D eigenvalue weighted by atomic mass is 32.2. The fourth-order valence-electron chi connectivity index (χ4n) is 2.70. The first kappa shape index (κ1) is 14.8. The number of nitrogens with zero attached hydrogens (tertiary/aromatic N) is 1. The van der Waals surface area contributed by atoms with Crippen molar-refractivity contribution in [3.8, 4) is 0 Å². The van der Waals surface area contributed by atoms with Crippen molar-refractivity contribution in [2.45, 2.75) is 37.4 Å². The zero-order valence-electron chi connectivity index (χ0n) is 11.7. The van der Waals surface area contributed by atoms with E-state index in [1.54, 1.807) is 31.3 Å². The first-order chi connectivity index (χ1) is 9.44. The molecule has 1 aromatic carbocycles. The molecule has 0 radical (unpaired) electrons. The molecular weight excluding hydrogens is 274 g/mol. The summed E-state index contributed by atoms with van der Waals surface area (Å²) in [5.74, 6) is -0.119. The molecule has 2 rings (SSSR count). The molecule has 3 N–H and O–H groups in total. The Bertz CT molecular complexity index is 592. The fourth-order valence-corrected chi connectivity index (χ4v) is 4.51. The van der Waals surface area contributed by atoms with Gasteiger partial charge in [0.1, 0.15) is 5.84 Å². The quantitative estimate of drug-likeness (QED) is 0.658. The van der Waals surface area contributed by atoms with E-state index in [1.165, 1.54) is 4.31 Å². The number of para-hydroxylation sites is 1. The van der Waals surface area contributed by atoms with Crippen molar-refractivity contribution in [2.24, 2.45) is 5.73 Å². The number of rotatable bonds is 4.